The Morgan fingerprint density at radius 2 is 1.94 bits per heavy atom. The van der Waals surface area contributed by atoms with Gasteiger partial charge < -0.3 is 18.8 Å². The van der Waals surface area contributed by atoms with Crippen LogP contribution in [0, 0.1) is 6.92 Å². The number of benzene rings is 1. The van der Waals surface area contributed by atoms with E-state index >= 15 is 0 Å². The number of rotatable bonds is 4. The summed E-state index contributed by atoms with van der Waals surface area (Å²) in [4.78, 5) is 19.9. The van der Waals surface area contributed by atoms with Gasteiger partial charge in [-0.2, -0.15) is 0 Å². The highest BCUT2D eigenvalue weighted by Gasteiger charge is 2.16. The van der Waals surface area contributed by atoms with Crippen LogP contribution in [-0.4, -0.2) is 40.4 Å². The van der Waals surface area contributed by atoms with E-state index in [1.165, 1.54) is 5.56 Å². The first-order valence-electron chi connectivity index (χ1n) is 10.6. The van der Waals surface area contributed by atoms with Gasteiger partial charge in [0.25, 0.3) is 5.56 Å². The van der Waals surface area contributed by atoms with Crippen molar-refractivity contribution < 1.29 is 4.74 Å². The summed E-state index contributed by atoms with van der Waals surface area (Å²) in [7, 11) is 1.99. The fourth-order valence-corrected chi connectivity index (χ4v) is 4.29. The van der Waals surface area contributed by atoms with Gasteiger partial charge in [0.15, 0.2) is 0 Å². The first-order chi connectivity index (χ1) is 15.1. The molecule has 1 aromatic carbocycles. The van der Waals surface area contributed by atoms with Crippen LogP contribution in [0.5, 0.6) is 0 Å². The molecule has 158 valence electrons. The molecular formula is C25H26N4O2. The molecule has 0 saturated carbocycles. The maximum absolute atomic E-state index is 12.9. The minimum absolute atomic E-state index is 0.00620. The molecule has 0 radical (unpaired) electrons. The zero-order chi connectivity index (χ0) is 21.4. The molecule has 6 nitrogen and oxygen atoms in total. The Labute approximate surface area is 181 Å². The largest absolute Gasteiger partial charge is 0.378 e. The van der Waals surface area contributed by atoms with Gasteiger partial charge in [0.2, 0.25) is 0 Å². The topological polar surface area (TPSA) is 52.3 Å². The van der Waals surface area contributed by atoms with Gasteiger partial charge in [0.05, 0.1) is 31.6 Å². The van der Waals surface area contributed by atoms with E-state index in [9.17, 15) is 4.79 Å². The van der Waals surface area contributed by atoms with Gasteiger partial charge in [-0.05, 0) is 30.2 Å². The van der Waals surface area contributed by atoms with Crippen molar-refractivity contribution in [2.75, 3.05) is 31.2 Å². The number of fused-ring (bicyclic) bond motifs is 1. The molecule has 0 amide bonds. The lowest BCUT2D eigenvalue weighted by Gasteiger charge is -2.28. The second kappa shape index (κ2) is 8.04. The minimum Gasteiger partial charge on any atom is -0.378 e. The van der Waals surface area contributed by atoms with E-state index in [4.69, 9.17) is 9.72 Å². The molecule has 1 aliphatic rings. The average molecular weight is 415 g/mol. The number of aromatic nitrogens is 3. The second-order valence-corrected chi connectivity index (χ2v) is 8.19. The normalized spacial score (nSPS) is 14.3. The molecular weight excluding hydrogens is 388 g/mol. The van der Waals surface area contributed by atoms with Crippen molar-refractivity contribution in [3.8, 4) is 11.1 Å². The first kappa shape index (κ1) is 19.6. The molecule has 1 fully saturated rings. The van der Waals surface area contributed by atoms with Crippen LogP contribution in [0.1, 0.15) is 11.1 Å². The van der Waals surface area contributed by atoms with Crippen LogP contribution >= 0.6 is 0 Å². The lowest BCUT2D eigenvalue weighted by Crippen LogP contribution is -2.36. The molecule has 4 aromatic rings. The molecule has 6 heteroatoms. The Bertz CT molecular complexity index is 1300. The monoisotopic (exact) mass is 414 g/mol. The van der Waals surface area contributed by atoms with Crippen LogP contribution in [0.15, 0.2) is 65.8 Å². The summed E-state index contributed by atoms with van der Waals surface area (Å²) in [6, 6.07) is 14.2. The number of pyridine rings is 2. The fraction of sp³-hybridized carbons (Fsp3) is 0.280. The lowest BCUT2D eigenvalue weighted by atomic mass is 10.1. The Kier molecular flexibility index (Phi) is 5.08. The van der Waals surface area contributed by atoms with Crippen molar-refractivity contribution in [1.29, 1.82) is 0 Å². The Balaban J connectivity index is 1.51. The van der Waals surface area contributed by atoms with Crippen LogP contribution in [0.3, 0.4) is 0 Å². The Morgan fingerprint density at radius 1 is 1.10 bits per heavy atom. The quantitative estimate of drug-likeness (QED) is 0.512. The molecule has 5 rings (SSSR count). The van der Waals surface area contributed by atoms with Gasteiger partial charge in [0.1, 0.15) is 5.65 Å². The number of hydrogen-bond acceptors (Lipinski definition) is 4. The van der Waals surface area contributed by atoms with Crippen LogP contribution in [-0.2, 0) is 18.3 Å². The highest BCUT2D eigenvalue weighted by molar-refractivity contribution is 5.95. The van der Waals surface area contributed by atoms with Gasteiger partial charge in [-0.25, -0.2) is 4.98 Å². The van der Waals surface area contributed by atoms with Gasteiger partial charge in [-0.1, -0.05) is 29.8 Å². The van der Waals surface area contributed by atoms with Crippen molar-refractivity contribution in [3.05, 3.63) is 82.5 Å². The smallest absolute Gasteiger partial charge is 0.251 e. The van der Waals surface area contributed by atoms with Crippen LogP contribution in [0.25, 0.3) is 22.2 Å². The molecule has 0 unspecified atom stereocenters. The van der Waals surface area contributed by atoms with Gasteiger partial charge in [-0.3, -0.25) is 4.79 Å². The van der Waals surface area contributed by atoms with E-state index in [0.717, 1.165) is 59.7 Å². The van der Waals surface area contributed by atoms with Crippen molar-refractivity contribution in [2.24, 2.45) is 7.05 Å². The molecule has 0 aliphatic carbocycles. The van der Waals surface area contributed by atoms with E-state index in [1.54, 1.807) is 10.6 Å². The molecule has 0 atom stereocenters. The van der Waals surface area contributed by atoms with Gasteiger partial charge in [0, 0.05) is 49.5 Å². The zero-order valence-electron chi connectivity index (χ0n) is 17.9. The molecule has 3 aromatic heterocycles. The molecule has 0 bridgehead atoms. The summed E-state index contributed by atoms with van der Waals surface area (Å²) in [5.74, 6) is 0. The summed E-state index contributed by atoms with van der Waals surface area (Å²) in [5.41, 5.74) is 6.26. The van der Waals surface area contributed by atoms with E-state index in [1.807, 2.05) is 36.1 Å². The van der Waals surface area contributed by atoms with Crippen molar-refractivity contribution in [1.82, 2.24) is 14.1 Å². The van der Waals surface area contributed by atoms with Crippen molar-refractivity contribution in [2.45, 2.75) is 13.5 Å². The highest BCUT2D eigenvalue weighted by Crippen LogP contribution is 2.31. The second-order valence-electron chi connectivity index (χ2n) is 8.19. The predicted octanol–water partition coefficient (Wildman–Crippen LogP) is 3.60. The molecule has 1 saturated heterocycles. The number of anilines is 1. The summed E-state index contributed by atoms with van der Waals surface area (Å²) in [6.07, 6.45) is 5.87. The maximum Gasteiger partial charge on any atom is 0.251 e. The van der Waals surface area contributed by atoms with Crippen LogP contribution in [0.2, 0.25) is 0 Å². The van der Waals surface area contributed by atoms with Crippen LogP contribution in [0.4, 0.5) is 5.69 Å². The molecule has 0 N–H and O–H groups in total. The number of nitrogens with zero attached hydrogens (tertiary/aromatic N) is 4. The number of aryl methyl sites for hydroxylation is 2. The van der Waals surface area contributed by atoms with Gasteiger partial charge in [-0.15, -0.1) is 0 Å². The minimum atomic E-state index is -0.00620. The third-order valence-corrected chi connectivity index (χ3v) is 5.92. The van der Waals surface area contributed by atoms with E-state index in [-0.39, 0.29) is 5.56 Å². The SMILES string of the molecule is Cc1cccc(Cn2ccc(-c3cn(C)c4ncc(N5CCOCC5)cc34)cc2=O)c1. The van der Waals surface area contributed by atoms with E-state index < -0.39 is 0 Å². The molecule has 0 spiro atoms. The summed E-state index contributed by atoms with van der Waals surface area (Å²) in [6.45, 7) is 5.83. The number of hydrogen-bond donors (Lipinski definition) is 0. The zero-order valence-corrected chi connectivity index (χ0v) is 17.9. The summed E-state index contributed by atoms with van der Waals surface area (Å²) in [5, 5.41) is 1.06. The molecule has 4 heterocycles. The number of morpholine rings is 1. The third kappa shape index (κ3) is 3.86. The highest BCUT2D eigenvalue weighted by atomic mass is 16.5. The number of ether oxygens (including phenoxy) is 1. The average Bonchev–Trinajstić information content (AvgIpc) is 3.12. The third-order valence-electron chi connectivity index (χ3n) is 5.92. The van der Waals surface area contributed by atoms with Crippen molar-refractivity contribution in [3.63, 3.8) is 0 Å². The Hall–Kier alpha value is -3.38. The van der Waals surface area contributed by atoms with E-state index in [2.05, 4.69) is 42.3 Å². The maximum atomic E-state index is 12.9. The molecule has 1 aliphatic heterocycles. The first-order valence-corrected chi connectivity index (χ1v) is 10.6. The standard InChI is InChI=1S/C25H26N4O2/c1-18-4-3-5-19(12-18)16-29-7-6-20(13-24(29)30)23-17-27(2)25-22(23)14-21(15-26-25)28-8-10-31-11-9-28/h3-7,12-15,17H,8-11,16H2,1-2H3. The van der Waals surface area contributed by atoms with Crippen LogP contribution < -0.4 is 10.5 Å². The predicted molar refractivity (Wildman–Crippen MR) is 124 cm³/mol. The van der Waals surface area contributed by atoms with Crippen molar-refractivity contribution >= 4 is 16.7 Å². The Morgan fingerprint density at radius 3 is 2.71 bits per heavy atom. The van der Waals surface area contributed by atoms with E-state index in [0.29, 0.717) is 6.54 Å². The van der Waals surface area contributed by atoms with Gasteiger partial charge >= 0.3 is 0 Å². The lowest BCUT2D eigenvalue weighted by molar-refractivity contribution is 0.122. The molecule has 31 heavy (non-hydrogen) atoms. The summed E-state index contributed by atoms with van der Waals surface area (Å²) < 4.78 is 9.25. The summed E-state index contributed by atoms with van der Waals surface area (Å²) >= 11 is 0. The fourth-order valence-electron chi connectivity index (χ4n) is 4.29.